The van der Waals surface area contributed by atoms with Gasteiger partial charge in [0.15, 0.2) is 5.78 Å². The molecule has 0 spiro atoms. The summed E-state index contributed by atoms with van der Waals surface area (Å²) >= 11 is 0. The van der Waals surface area contributed by atoms with Gasteiger partial charge in [0.25, 0.3) is 0 Å². The molecule has 0 aliphatic carbocycles. The Hall–Kier alpha value is -2.15. The topological polar surface area (TPSA) is 77.8 Å². The number of hydrogen-bond donors (Lipinski definition) is 0. The van der Waals surface area contributed by atoms with E-state index >= 15 is 0 Å². The second-order valence-electron chi connectivity index (χ2n) is 6.86. The Morgan fingerprint density at radius 3 is 2.48 bits per heavy atom. The van der Waals surface area contributed by atoms with Gasteiger partial charge in [-0.25, -0.2) is 4.79 Å². The number of esters is 1. The molecule has 0 bridgehead atoms. The van der Waals surface area contributed by atoms with Crippen molar-refractivity contribution in [3.8, 4) is 0 Å². The molecule has 27 heavy (non-hydrogen) atoms. The standard InChI is InChI=1S/C20H30N2O5/c1-6-17(24)21(11-15-9-8-10-27-15)12-16(23)18-13(3)19(20(25)26-5)22(7-2)14(18)4/h15H,6-12H2,1-5H3. The smallest absolute Gasteiger partial charge is 0.354 e. The zero-order chi connectivity index (χ0) is 20.1. The van der Waals surface area contributed by atoms with E-state index in [9.17, 15) is 14.4 Å². The average Bonchev–Trinajstić information content (AvgIpc) is 3.25. The lowest BCUT2D eigenvalue weighted by atomic mass is 10.0. The van der Waals surface area contributed by atoms with Gasteiger partial charge in [-0.1, -0.05) is 6.92 Å². The summed E-state index contributed by atoms with van der Waals surface area (Å²) in [7, 11) is 1.33. The molecular formula is C20H30N2O5. The van der Waals surface area contributed by atoms with Crippen molar-refractivity contribution in [2.75, 3.05) is 26.8 Å². The van der Waals surface area contributed by atoms with Gasteiger partial charge in [0.1, 0.15) is 5.69 Å². The number of ketones is 1. The van der Waals surface area contributed by atoms with E-state index in [-0.39, 0.29) is 24.3 Å². The third-order valence-corrected chi connectivity index (χ3v) is 5.18. The number of nitrogens with zero attached hydrogens (tertiary/aromatic N) is 2. The van der Waals surface area contributed by atoms with Crippen molar-refractivity contribution in [1.82, 2.24) is 9.47 Å². The van der Waals surface area contributed by atoms with Crippen LogP contribution in [-0.4, -0.2) is 60.0 Å². The summed E-state index contributed by atoms with van der Waals surface area (Å²) in [5.74, 6) is -0.697. The fourth-order valence-electron chi connectivity index (χ4n) is 3.83. The molecule has 1 amide bonds. The average molecular weight is 378 g/mol. The molecule has 2 rings (SSSR count). The Balaban J connectivity index is 2.30. The number of Topliss-reactive ketones (excluding diaryl/α,β-unsaturated/α-hetero) is 1. The van der Waals surface area contributed by atoms with Crippen molar-refractivity contribution < 1.29 is 23.9 Å². The predicted octanol–water partition coefficient (Wildman–Crippen LogP) is 2.51. The number of ether oxygens (including phenoxy) is 2. The Labute approximate surface area is 160 Å². The second-order valence-corrected chi connectivity index (χ2v) is 6.86. The molecule has 1 aliphatic rings. The molecular weight excluding hydrogens is 348 g/mol. The number of amides is 1. The number of hydrogen-bond acceptors (Lipinski definition) is 5. The maximum absolute atomic E-state index is 13.1. The maximum atomic E-state index is 13.1. The number of rotatable bonds is 8. The van der Waals surface area contributed by atoms with Crippen LogP contribution in [0.1, 0.15) is 65.2 Å². The summed E-state index contributed by atoms with van der Waals surface area (Å²) in [5, 5.41) is 0. The minimum Gasteiger partial charge on any atom is -0.464 e. The number of carbonyl (C=O) groups is 3. The molecule has 1 saturated heterocycles. The molecule has 0 saturated carbocycles. The zero-order valence-electron chi connectivity index (χ0n) is 17.0. The van der Waals surface area contributed by atoms with Gasteiger partial charge < -0.3 is 18.9 Å². The molecule has 0 aromatic carbocycles. The molecule has 7 nitrogen and oxygen atoms in total. The van der Waals surface area contributed by atoms with Crippen LogP contribution in [0.15, 0.2) is 0 Å². The zero-order valence-corrected chi connectivity index (χ0v) is 17.0. The van der Waals surface area contributed by atoms with Gasteiger partial charge in [0, 0.05) is 37.4 Å². The van der Waals surface area contributed by atoms with Crippen molar-refractivity contribution in [3.05, 3.63) is 22.5 Å². The van der Waals surface area contributed by atoms with Crippen LogP contribution >= 0.6 is 0 Å². The van der Waals surface area contributed by atoms with Gasteiger partial charge >= 0.3 is 5.97 Å². The first-order valence-electron chi connectivity index (χ1n) is 9.56. The van der Waals surface area contributed by atoms with E-state index in [0.717, 1.165) is 18.5 Å². The number of methoxy groups -OCH3 is 1. The van der Waals surface area contributed by atoms with E-state index in [1.165, 1.54) is 7.11 Å². The van der Waals surface area contributed by atoms with E-state index in [0.29, 0.717) is 42.9 Å². The monoisotopic (exact) mass is 378 g/mol. The Morgan fingerprint density at radius 2 is 1.96 bits per heavy atom. The highest BCUT2D eigenvalue weighted by Crippen LogP contribution is 2.24. The van der Waals surface area contributed by atoms with Crippen molar-refractivity contribution >= 4 is 17.7 Å². The summed E-state index contributed by atoms with van der Waals surface area (Å²) in [5.41, 5.74) is 2.22. The third kappa shape index (κ3) is 4.40. The molecule has 2 heterocycles. The van der Waals surface area contributed by atoms with Crippen molar-refractivity contribution in [2.24, 2.45) is 0 Å². The van der Waals surface area contributed by atoms with Crippen LogP contribution in [0.4, 0.5) is 0 Å². The van der Waals surface area contributed by atoms with E-state index < -0.39 is 5.97 Å². The van der Waals surface area contributed by atoms with Gasteiger partial charge in [-0.05, 0) is 39.2 Å². The molecule has 0 N–H and O–H groups in total. The predicted molar refractivity (Wildman–Crippen MR) is 101 cm³/mol. The van der Waals surface area contributed by atoms with Crippen molar-refractivity contribution in [3.63, 3.8) is 0 Å². The molecule has 7 heteroatoms. The van der Waals surface area contributed by atoms with Crippen LogP contribution in [0.3, 0.4) is 0 Å². The second kappa shape index (κ2) is 9.17. The maximum Gasteiger partial charge on any atom is 0.354 e. The van der Waals surface area contributed by atoms with Gasteiger partial charge in [0.2, 0.25) is 5.91 Å². The van der Waals surface area contributed by atoms with Crippen LogP contribution in [0.2, 0.25) is 0 Å². The van der Waals surface area contributed by atoms with Gasteiger partial charge in [-0.3, -0.25) is 9.59 Å². The lowest BCUT2D eigenvalue weighted by molar-refractivity contribution is -0.131. The van der Waals surface area contributed by atoms with E-state index in [1.54, 1.807) is 23.3 Å². The first-order valence-corrected chi connectivity index (χ1v) is 9.56. The van der Waals surface area contributed by atoms with E-state index in [4.69, 9.17) is 9.47 Å². The fraction of sp³-hybridized carbons (Fsp3) is 0.650. The highest BCUT2D eigenvalue weighted by Gasteiger charge is 2.29. The van der Waals surface area contributed by atoms with Crippen LogP contribution < -0.4 is 0 Å². The first-order chi connectivity index (χ1) is 12.8. The molecule has 150 valence electrons. The van der Waals surface area contributed by atoms with Crippen molar-refractivity contribution in [1.29, 1.82) is 0 Å². The van der Waals surface area contributed by atoms with Crippen LogP contribution in [0.25, 0.3) is 0 Å². The summed E-state index contributed by atoms with van der Waals surface area (Å²) in [4.78, 5) is 39.2. The lowest BCUT2D eigenvalue weighted by Gasteiger charge is -2.24. The van der Waals surface area contributed by atoms with E-state index in [2.05, 4.69) is 0 Å². The minimum absolute atomic E-state index is 0.0114. The Kier molecular flexibility index (Phi) is 7.18. The molecule has 1 aromatic rings. The van der Waals surface area contributed by atoms with Crippen LogP contribution in [0, 0.1) is 13.8 Å². The summed E-state index contributed by atoms with van der Waals surface area (Å²) in [6.07, 6.45) is 2.20. The molecule has 0 radical (unpaired) electrons. The van der Waals surface area contributed by atoms with E-state index in [1.807, 2.05) is 13.8 Å². The normalized spacial score (nSPS) is 16.4. The molecule has 1 fully saturated rings. The molecule has 1 aromatic heterocycles. The minimum atomic E-state index is -0.461. The highest BCUT2D eigenvalue weighted by atomic mass is 16.5. The SMILES string of the molecule is CCC(=O)N(CC(=O)c1c(C)c(C(=O)OC)n(CC)c1C)CC1CCCO1. The number of carbonyl (C=O) groups excluding carboxylic acids is 3. The van der Waals surface area contributed by atoms with Crippen molar-refractivity contribution in [2.45, 2.75) is 59.6 Å². The van der Waals surface area contributed by atoms with Gasteiger partial charge in [-0.15, -0.1) is 0 Å². The number of aromatic nitrogens is 1. The van der Waals surface area contributed by atoms with Gasteiger partial charge in [-0.2, -0.15) is 0 Å². The quantitative estimate of drug-likeness (QED) is 0.513. The Bertz CT molecular complexity index is 716. The molecule has 1 atom stereocenters. The lowest BCUT2D eigenvalue weighted by Crippen LogP contribution is -2.40. The fourth-order valence-corrected chi connectivity index (χ4v) is 3.83. The molecule has 1 unspecified atom stereocenters. The largest absolute Gasteiger partial charge is 0.464 e. The summed E-state index contributed by atoms with van der Waals surface area (Å²) in [6, 6.07) is 0. The highest BCUT2D eigenvalue weighted by molar-refractivity contribution is 6.04. The third-order valence-electron chi connectivity index (χ3n) is 5.18. The first kappa shape index (κ1) is 21.2. The molecule has 1 aliphatic heterocycles. The Morgan fingerprint density at radius 1 is 1.26 bits per heavy atom. The summed E-state index contributed by atoms with van der Waals surface area (Å²) in [6.45, 7) is 8.95. The van der Waals surface area contributed by atoms with Crippen LogP contribution in [0.5, 0.6) is 0 Å². The van der Waals surface area contributed by atoms with Crippen LogP contribution in [-0.2, 0) is 20.8 Å². The van der Waals surface area contributed by atoms with Gasteiger partial charge in [0.05, 0.1) is 19.8 Å². The summed E-state index contributed by atoms with van der Waals surface area (Å²) < 4.78 is 12.3.